The van der Waals surface area contributed by atoms with Crippen LogP contribution in [0.2, 0.25) is 0 Å². The first-order valence-electron chi connectivity index (χ1n) is 4.77. The maximum atomic E-state index is 10.7. The second kappa shape index (κ2) is 3.62. The van der Waals surface area contributed by atoms with Gasteiger partial charge in [0.05, 0.1) is 11.4 Å². The average molecular weight is 188 g/mol. The standard InChI is InChI=1S/C11H12N2O/c1-2-4-9-7-13-10(8-14)5-3-6-11(13)12-9/h3,5-8H,2,4H2,1H3. The van der Waals surface area contributed by atoms with E-state index in [0.717, 1.165) is 30.5 Å². The molecule has 0 aliphatic rings. The molecule has 0 fully saturated rings. The molecule has 2 aromatic rings. The molecule has 3 heteroatoms. The number of fused-ring (bicyclic) bond motifs is 1. The maximum absolute atomic E-state index is 10.7. The smallest absolute Gasteiger partial charge is 0.166 e. The van der Waals surface area contributed by atoms with E-state index in [1.807, 2.05) is 22.7 Å². The number of rotatable bonds is 3. The van der Waals surface area contributed by atoms with Gasteiger partial charge >= 0.3 is 0 Å². The predicted octanol–water partition coefficient (Wildman–Crippen LogP) is 2.10. The molecule has 0 aliphatic carbocycles. The molecular formula is C11H12N2O. The van der Waals surface area contributed by atoms with Crippen molar-refractivity contribution in [3.05, 3.63) is 35.8 Å². The van der Waals surface area contributed by atoms with Gasteiger partial charge < -0.3 is 0 Å². The van der Waals surface area contributed by atoms with Crippen molar-refractivity contribution >= 4 is 11.9 Å². The molecule has 0 atom stereocenters. The summed E-state index contributed by atoms with van der Waals surface area (Å²) < 4.78 is 1.83. The third kappa shape index (κ3) is 1.41. The molecular weight excluding hydrogens is 176 g/mol. The first-order valence-corrected chi connectivity index (χ1v) is 4.77. The van der Waals surface area contributed by atoms with Crippen molar-refractivity contribution in [3.63, 3.8) is 0 Å². The van der Waals surface area contributed by atoms with Crippen LogP contribution in [0.4, 0.5) is 0 Å². The molecule has 0 amide bonds. The molecule has 0 aromatic carbocycles. The monoisotopic (exact) mass is 188 g/mol. The molecule has 0 radical (unpaired) electrons. The lowest BCUT2D eigenvalue weighted by Gasteiger charge is -1.94. The second-order valence-electron chi connectivity index (χ2n) is 3.28. The van der Waals surface area contributed by atoms with Crippen molar-refractivity contribution in [2.45, 2.75) is 19.8 Å². The van der Waals surface area contributed by atoms with Crippen LogP contribution in [0.15, 0.2) is 24.4 Å². The normalized spacial score (nSPS) is 10.6. The Morgan fingerprint density at radius 2 is 2.36 bits per heavy atom. The summed E-state index contributed by atoms with van der Waals surface area (Å²) in [6.45, 7) is 2.12. The molecule has 2 aromatic heterocycles. The predicted molar refractivity (Wildman–Crippen MR) is 54.6 cm³/mol. The highest BCUT2D eigenvalue weighted by Gasteiger charge is 2.03. The molecule has 0 bridgehead atoms. The van der Waals surface area contributed by atoms with E-state index in [2.05, 4.69) is 11.9 Å². The molecule has 0 spiro atoms. The summed E-state index contributed by atoms with van der Waals surface area (Å²) in [4.78, 5) is 15.2. The van der Waals surface area contributed by atoms with Crippen LogP contribution in [0.25, 0.3) is 5.65 Å². The fourth-order valence-corrected chi connectivity index (χ4v) is 1.56. The number of hydrogen-bond acceptors (Lipinski definition) is 2. The molecule has 3 nitrogen and oxygen atoms in total. The highest BCUT2D eigenvalue weighted by atomic mass is 16.1. The quantitative estimate of drug-likeness (QED) is 0.691. The van der Waals surface area contributed by atoms with E-state index in [0.29, 0.717) is 5.69 Å². The van der Waals surface area contributed by atoms with Gasteiger partial charge in [-0.15, -0.1) is 0 Å². The number of carbonyl (C=O) groups excluding carboxylic acids is 1. The number of imidazole rings is 1. The molecule has 0 N–H and O–H groups in total. The van der Waals surface area contributed by atoms with Crippen LogP contribution >= 0.6 is 0 Å². The molecule has 0 unspecified atom stereocenters. The molecule has 14 heavy (non-hydrogen) atoms. The zero-order valence-corrected chi connectivity index (χ0v) is 8.10. The van der Waals surface area contributed by atoms with Gasteiger partial charge in [-0.05, 0) is 18.6 Å². The summed E-state index contributed by atoms with van der Waals surface area (Å²) in [7, 11) is 0. The van der Waals surface area contributed by atoms with E-state index in [1.165, 1.54) is 0 Å². The van der Waals surface area contributed by atoms with Crippen LogP contribution in [0.1, 0.15) is 29.5 Å². The van der Waals surface area contributed by atoms with Gasteiger partial charge in [0.15, 0.2) is 6.29 Å². The first-order chi connectivity index (χ1) is 6.85. The van der Waals surface area contributed by atoms with Gasteiger partial charge in [0.2, 0.25) is 0 Å². The minimum absolute atomic E-state index is 0.650. The van der Waals surface area contributed by atoms with Gasteiger partial charge in [-0.2, -0.15) is 0 Å². The zero-order valence-electron chi connectivity index (χ0n) is 8.10. The van der Waals surface area contributed by atoms with Crippen molar-refractivity contribution < 1.29 is 4.79 Å². The lowest BCUT2D eigenvalue weighted by molar-refractivity contribution is 0.111. The van der Waals surface area contributed by atoms with Gasteiger partial charge in [-0.1, -0.05) is 19.4 Å². The Bertz CT molecular complexity index is 459. The van der Waals surface area contributed by atoms with Crippen molar-refractivity contribution in [1.29, 1.82) is 0 Å². The lowest BCUT2D eigenvalue weighted by atomic mass is 10.3. The highest BCUT2D eigenvalue weighted by Crippen LogP contribution is 2.09. The molecule has 2 rings (SSSR count). The van der Waals surface area contributed by atoms with Crippen LogP contribution in [-0.4, -0.2) is 15.7 Å². The van der Waals surface area contributed by atoms with Gasteiger partial charge in [-0.3, -0.25) is 9.20 Å². The molecule has 72 valence electrons. The van der Waals surface area contributed by atoms with Crippen molar-refractivity contribution in [1.82, 2.24) is 9.38 Å². The molecule has 0 saturated heterocycles. The number of aryl methyl sites for hydroxylation is 1. The summed E-state index contributed by atoms with van der Waals surface area (Å²) in [6, 6.07) is 5.55. The van der Waals surface area contributed by atoms with Crippen molar-refractivity contribution in [2.75, 3.05) is 0 Å². The summed E-state index contributed by atoms with van der Waals surface area (Å²) in [5, 5.41) is 0. The number of aromatic nitrogens is 2. The first kappa shape index (κ1) is 8.94. The van der Waals surface area contributed by atoms with Crippen LogP contribution in [-0.2, 0) is 6.42 Å². The van der Waals surface area contributed by atoms with Crippen molar-refractivity contribution in [2.24, 2.45) is 0 Å². The van der Waals surface area contributed by atoms with E-state index < -0.39 is 0 Å². The summed E-state index contributed by atoms with van der Waals surface area (Å²) in [5.41, 5.74) is 2.54. The Labute approximate surface area is 82.4 Å². The van der Waals surface area contributed by atoms with E-state index >= 15 is 0 Å². The Morgan fingerprint density at radius 1 is 1.50 bits per heavy atom. The Balaban J connectivity index is 2.58. The minimum Gasteiger partial charge on any atom is -0.297 e. The molecule has 0 saturated carbocycles. The third-order valence-electron chi connectivity index (χ3n) is 2.20. The molecule has 2 heterocycles. The van der Waals surface area contributed by atoms with E-state index in [9.17, 15) is 4.79 Å². The minimum atomic E-state index is 0.650. The number of hydrogen-bond donors (Lipinski definition) is 0. The van der Waals surface area contributed by atoms with Crippen molar-refractivity contribution in [3.8, 4) is 0 Å². The summed E-state index contributed by atoms with van der Waals surface area (Å²) in [6.07, 6.45) is 4.81. The number of carbonyl (C=O) groups is 1. The summed E-state index contributed by atoms with van der Waals surface area (Å²) >= 11 is 0. The van der Waals surface area contributed by atoms with Gasteiger partial charge in [0.1, 0.15) is 5.65 Å². The fraction of sp³-hybridized carbons (Fsp3) is 0.273. The Hall–Kier alpha value is -1.64. The summed E-state index contributed by atoms with van der Waals surface area (Å²) in [5.74, 6) is 0. The van der Waals surface area contributed by atoms with Crippen LogP contribution in [0.3, 0.4) is 0 Å². The average Bonchev–Trinajstić information content (AvgIpc) is 2.60. The lowest BCUT2D eigenvalue weighted by Crippen LogP contribution is -1.92. The topological polar surface area (TPSA) is 34.4 Å². The Morgan fingerprint density at radius 3 is 3.07 bits per heavy atom. The van der Waals surface area contributed by atoms with Gasteiger partial charge in [0.25, 0.3) is 0 Å². The highest BCUT2D eigenvalue weighted by molar-refractivity contribution is 5.73. The van der Waals surface area contributed by atoms with Crippen LogP contribution in [0, 0.1) is 0 Å². The second-order valence-corrected chi connectivity index (χ2v) is 3.28. The van der Waals surface area contributed by atoms with E-state index in [4.69, 9.17) is 0 Å². The SMILES string of the molecule is CCCc1cn2c(C=O)cccc2n1. The van der Waals surface area contributed by atoms with E-state index in [-0.39, 0.29) is 0 Å². The fourth-order valence-electron chi connectivity index (χ4n) is 1.56. The van der Waals surface area contributed by atoms with Gasteiger partial charge in [0, 0.05) is 6.20 Å². The maximum Gasteiger partial charge on any atom is 0.166 e. The molecule has 0 aliphatic heterocycles. The Kier molecular flexibility index (Phi) is 2.31. The number of pyridine rings is 1. The number of nitrogens with zero attached hydrogens (tertiary/aromatic N) is 2. The van der Waals surface area contributed by atoms with Crippen LogP contribution < -0.4 is 0 Å². The number of aldehydes is 1. The zero-order chi connectivity index (χ0) is 9.97. The van der Waals surface area contributed by atoms with E-state index in [1.54, 1.807) is 6.07 Å². The third-order valence-corrected chi connectivity index (χ3v) is 2.20. The largest absolute Gasteiger partial charge is 0.297 e. The van der Waals surface area contributed by atoms with Gasteiger partial charge in [-0.25, -0.2) is 4.98 Å². The van der Waals surface area contributed by atoms with Crippen LogP contribution in [0.5, 0.6) is 0 Å².